The number of benzene rings is 1. The van der Waals surface area contributed by atoms with Gasteiger partial charge in [0.05, 0.1) is 0 Å². The quantitative estimate of drug-likeness (QED) is 0.696. The molecule has 0 unspecified atom stereocenters. The molecular weight excluding hydrogens is 230 g/mol. The second-order valence-electron chi connectivity index (χ2n) is 4.35. The molecule has 2 heterocycles. The van der Waals surface area contributed by atoms with Crippen LogP contribution in [-0.2, 0) is 13.0 Å². The standard InChI is InChI=1S/C13H15N3S/c1-14-13(17)16-7-6-12-10(8-16)9-4-2-3-5-11(9)15-12/h2-5,15H,6-8H2,1H3,(H,14,17). The van der Waals surface area contributed by atoms with Gasteiger partial charge in [0, 0.05) is 48.7 Å². The van der Waals surface area contributed by atoms with E-state index in [-0.39, 0.29) is 0 Å². The molecule has 1 aliphatic rings. The molecular formula is C13H15N3S. The smallest absolute Gasteiger partial charge is 0.168 e. The minimum Gasteiger partial charge on any atom is -0.366 e. The predicted octanol–water partition coefficient (Wildman–Crippen LogP) is 2.03. The Bertz CT molecular complexity index is 573. The summed E-state index contributed by atoms with van der Waals surface area (Å²) in [5, 5.41) is 5.21. The highest BCUT2D eigenvalue weighted by Gasteiger charge is 2.21. The molecule has 0 fully saturated rings. The Morgan fingerprint density at radius 2 is 2.24 bits per heavy atom. The molecule has 0 radical (unpaired) electrons. The van der Waals surface area contributed by atoms with Crippen LogP contribution in [0.3, 0.4) is 0 Å². The van der Waals surface area contributed by atoms with Crippen molar-refractivity contribution in [3.8, 4) is 0 Å². The highest BCUT2D eigenvalue weighted by atomic mass is 32.1. The summed E-state index contributed by atoms with van der Waals surface area (Å²) >= 11 is 5.31. The van der Waals surface area contributed by atoms with Crippen molar-refractivity contribution in [2.45, 2.75) is 13.0 Å². The first-order valence-corrected chi connectivity index (χ1v) is 6.25. The van der Waals surface area contributed by atoms with E-state index in [1.54, 1.807) is 0 Å². The molecule has 1 aromatic carbocycles. The normalized spacial score (nSPS) is 14.8. The maximum atomic E-state index is 5.31. The summed E-state index contributed by atoms with van der Waals surface area (Å²) in [5.74, 6) is 0. The van der Waals surface area contributed by atoms with Crippen molar-refractivity contribution >= 4 is 28.2 Å². The van der Waals surface area contributed by atoms with Crippen LogP contribution < -0.4 is 5.32 Å². The highest BCUT2D eigenvalue weighted by Crippen LogP contribution is 2.27. The number of aromatic amines is 1. The van der Waals surface area contributed by atoms with Gasteiger partial charge in [-0.25, -0.2) is 0 Å². The number of thiocarbonyl (C=S) groups is 1. The number of para-hydroxylation sites is 1. The second-order valence-corrected chi connectivity index (χ2v) is 4.74. The van der Waals surface area contributed by atoms with E-state index < -0.39 is 0 Å². The van der Waals surface area contributed by atoms with Gasteiger partial charge in [-0.1, -0.05) is 18.2 Å². The van der Waals surface area contributed by atoms with Crippen molar-refractivity contribution in [2.24, 2.45) is 0 Å². The molecule has 2 N–H and O–H groups in total. The van der Waals surface area contributed by atoms with Crippen LogP contribution in [0.4, 0.5) is 0 Å². The number of fused-ring (bicyclic) bond motifs is 3. The van der Waals surface area contributed by atoms with Crippen LogP contribution in [-0.4, -0.2) is 28.6 Å². The van der Waals surface area contributed by atoms with E-state index in [1.807, 2.05) is 7.05 Å². The average Bonchev–Trinajstić information content (AvgIpc) is 2.75. The van der Waals surface area contributed by atoms with E-state index >= 15 is 0 Å². The van der Waals surface area contributed by atoms with E-state index in [2.05, 4.69) is 39.5 Å². The topological polar surface area (TPSA) is 31.1 Å². The number of rotatable bonds is 0. The third-order valence-corrected chi connectivity index (χ3v) is 3.85. The molecule has 17 heavy (non-hydrogen) atoms. The Hall–Kier alpha value is -1.55. The molecule has 2 aromatic rings. The predicted molar refractivity (Wildman–Crippen MR) is 74.1 cm³/mol. The fraction of sp³-hybridized carbons (Fsp3) is 0.308. The maximum absolute atomic E-state index is 5.31. The molecule has 88 valence electrons. The molecule has 3 nitrogen and oxygen atoms in total. The van der Waals surface area contributed by atoms with Gasteiger partial charge < -0.3 is 15.2 Å². The summed E-state index contributed by atoms with van der Waals surface area (Å²) in [6.07, 6.45) is 1.03. The molecule has 0 atom stereocenters. The van der Waals surface area contributed by atoms with Crippen molar-refractivity contribution in [2.75, 3.05) is 13.6 Å². The number of hydrogen-bond acceptors (Lipinski definition) is 1. The largest absolute Gasteiger partial charge is 0.366 e. The summed E-state index contributed by atoms with van der Waals surface area (Å²) in [4.78, 5) is 5.72. The van der Waals surface area contributed by atoms with Gasteiger partial charge in [0.2, 0.25) is 0 Å². The number of nitrogens with zero attached hydrogens (tertiary/aromatic N) is 1. The minimum atomic E-state index is 0.834. The third kappa shape index (κ3) is 1.69. The van der Waals surface area contributed by atoms with Crippen LogP contribution in [0.1, 0.15) is 11.3 Å². The Morgan fingerprint density at radius 3 is 3.06 bits per heavy atom. The maximum Gasteiger partial charge on any atom is 0.168 e. The molecule has 1 aliphatic heterocycles. The first kappa shape index (κ1) is 10.6. The SMILES string of the molecule is CNC(=S)N1CCc2[nH]c3ccccc3c2C1. The Balaban J connectivity index is 2.03. The van der Waals surface area contributed by atoms with Gasteiger partial charge >= 0.3 is 0 Å². The summed E-state index contributed by atoms with van der Waals surface area (Å²) in [5.41, 5.74) is 3.99. The number of hydrogen-bond donors (Lipinski definition) is 2. The first-order valence-electron chi connectivity index (χ1n) is 5.84. The molecule has 0 amide bonds. The van der Waals surface area contributed by atoms with Crippen LogP contribution >= 0.6 is 12.2 Å². The monoisotopic (exact) mass is 245 g/mol. The number of nitrogens with one attached hydrogen (secondary N) is 2. The molecule has 0 saturated heterocycles. The van der Waals surface area contributed by atoms with E-state index in [1.165, 1.54) is 22.2 Å². The second kappa shape index (κ2) is 4.04. The minimum absolute atomic E-state index is 0.834. The zero-order valence-electron chi connectivity index (χ0n) is 9.79. The van der Waals surface area contributed by atoms with E-state index in [9.17, 15) is 0 Å². The fourth-order valence-electron chi connectivity index (χ4n) is 2.50. The van der Waals surface area contributed by atoms with Crippen molar-refractivity contribution in [3.05, 3.63) is 35.5 Å². The van der Waals surface area contributed by atoms with E-state index in [4.69, 9.17) is 12.2 Å². The molecule has 0 saturated carbocycles. The van der Waals surface area contributed by atoms with Crippen LogP contribution in [0.25, 0.3) is 10.9 Å². The lowest BCUT2D eigenvalue weighted by molar-refractivity contribution is 0.390. The van der Waals surface area contributed by atoms with Gasteiger partial charge in [-0.05, 0) is 18.3 Å². The van der Waals surface area contributed by atoms with Crippen LogP contribution in [0.15, 0.2) is 24.3 Å². The lowest BCUT2D eigenvalue weighted by Gasteiger charge is -2.29. The number of H-pyrrole nitrogens is 1. The van der Waals surface area contributed by atoms with Crippen LogP contribution in [0.2, 0.25) is 0 Å². The summed E-state index contributed by atoms with van der Waals surface area (Å²) in [7, 11) is 1.88. The Kier molecular flexibility index (Phi) is 2.52. The highest BCUT2D eigenvalue weighted by molar-refractivity contribution is 7.80. The molecule has 3 rings (SSSR count). The van der Waals surface area contributed by atoms with Crippen molar-refractivity contribution < 1.29 is 0 Å². The van der Waals surface area contributed by atoms with Crippen LogP contribution in [0, 0.1) is 0 Å². The van der Waals surface area contributed by atoms with Crippen molar-refractivity contribution in [1.29, 1.82) is 0 Å². The molecule has 0 bridgehead atoms. The Labute approximate surface area is 106 Å². The summed E-state index contributed by atoms with van der Waals surface area (Å²) in [6, 6.07) is 8.47. The van der Waals surface area contributed by atoms with Gasteiger partial charge in [0.1, 0.15) is 0 Å². The fourth-order valence-corrected chi connectivity index (χ4v) is 2.65. The lowest BCUT2D eigenvalue weighted by atomic mass is 10.1. The average molecular weight is 245 g/mol. The van der Waals surface area contributed by atoms with Gasteiger partial charge in [-0.3, -0.25) is 0 Å². The van der Waals surface area contributed by atoms with Gasteiger partial charge in [-0.15, -0.1) is 0 Å². The van der Waals surface area contributed by atoms with Crippen molar-refractivity contribution in [3.63, 3.8) is 0 Å². The molecule has 1 aromatic heterocycles. The first-order chi connectivity index (χ1) is 8.29. The van der Waals surface area contributed by atoms with E-state index in [0.29, 0.717) is 0 Å². The molecule has 0 spiro atoms. The number of aromatic nitrogens is 1. The molecule has 4 heteroatoms. The van der Waals surface area contributed by atoms with Crippen LogP contribution in [0.5, 0.6) is 0 Å². The van der Waals surface area contributed by atoms with Gasteiger partial charge in [0.15, 0.2) is 5.11 Å². The van der Waals surface area contributed by atoms with Crippen molar-refractivity contribution in [1.82, 2.24) is 15.2 Å². The molecule has 0 aliphatic carbocycles. The zero-order chi connectivity index (χ0) is 11.8. The van der Waals surface area contributed by atoms with E-state index in [0.717, 1.165) is 24.6 Å². The summed E-state index contributed by atoms with van der Waals surface area (Å²) in [6.45, 7) is 1.89. The Morgan fingerprint density at radius 1 is 1.41 bits per heavy atom. The van der Waals surface area contributed by atoms with Gasteiger partial charge in [0.25, 0.3) is 0 Å². The lowest BCUT2D eigenvalue weighted by Crippen LogP contribution is -2.40. The summed E-state index contributed by atoms with van der Waals surface area (Å²) < 4.78 is 0. The third-order valence-electron chi connectivity index (χ3n) is 3.38. The van der Waals surface area contributed by atoms with Gasteiger partial charge in [-0.2, -0.15) is 0 Å². The zero-order valence-corrected chi connectivity index (χ0v) is 10.6.